The molecule has 0 aliphatic heterocycles. The number of benzene rings is 2. The molecule has 2 aromatic carbocycles. The lowest BCUT2D eigenvalue weighted by molar-refractivity contribution is 0.573. The summed E-state index contributed by atoms with van der Waals surface area (Å²) in [5.41, 5.74) is 0.200. The molecule has 0 aromatic heterocycles. The van der Waals surface area contributed by atoms with Crippen molar-refractivity contribution in [2.24, 2.45) is 0 Å². The summed E-state index contributed by atoms with van der Waals surface area (Å²) in [7, 11) is -3.88. The van der Waals surface area contributed by atoms with Crippen molar-refractivity contribution in [3.05, 3.63) is 62.5 Å². The molecule has 21 heavy (non-hydrogen) atoms. The third-order valence-electron chi connectivity index (χ3n) is 2.64. The van der Waals surface area contributed by atoms with E-state index < -0.39 is 21.7 Å². The van der Waals surface area contributed by atoms with Gasteiger partial charge in [-0.3, -0.25) is 0 Å². The molecule has 0 aliphatic rings. The Bertz CT molecular complexity index is 782. The topological polar surface area (TPSA) is 46.2 Å². The molecule has 8 heteroatoms. The first-order valence-corrected chi connectivity index (χ1v) is 8.75. The quantitative estimate of drug-likeness (QED) is 0.781. The standard InChI is InChI=1S/C13H9Br2F2NO2S/c14-9-1-3-12(17)8(5-9)7-18-21(19,20)13-4-2-10(16)6-11(13)15/h1-6,18H,7H2. The number of rotatable bonds is 4. The zero-order valence-electron chi connectivity index (χ0n) is 10.4. The van der Waals surface area contributed by atoms with Crippen molar-refractivity contribution in [3.63, 3.8) is 0 Å². The van der Waals surface area contributed by atoms with Crippen LogP contribution in [-0.4, -0.2) is 8.42 Å². The van der Waals surface area contributed by atoms with Crippen LogP contribution in [0, 0.1) is 11.6 Å². The maximum Gasteiger partial charge on any atom is 0.241 e. The third kappa shape index (κ3) is 4.09. The first-order chi connectivity index (χ1) is 9.79. The summed E-state index contributed by atoms with van der Waals surface area (Å²) in [6.45, 7) is -0.211. The van der Waals surface area contributed by atoms with Crippen LogP contribution in [0.2, 0.25) is 0 Å². The number of halogens is 4. The lowest BCUT2D eigenvalue weighted by Crippen LogP contribution is -2.24. The van der Waals surface area contributed by atoms with Crippen LogP contribution in [0.3, 0.4) is 0 Å². The SMILES string of the molecule is O=S(=O)(NCc1cc(Br)ccc1F)c1ccc(F)cc1Br. The van der Waals surface area contributed by atoms with Gasteiger partial charge in [0.25, 0.3) is 0 Å². The summed E-state index contributed by atoms with van der Waals surface area (Å²) in [4.78, 5) is -0.112. The third-order valence-corrected chi connectivity index (χ3v) is 5.52. The van der Waals surface area contributed by atoms with Crippen molar-refractivity contribution in [1.29, 1.82) is 0 Å². The van der Waals surface area contributed by atoms with E-state index in [0.29, 0.717) is 4.47 Å². The van der Waals surface area contributed by atoms with Crippen molar-refractivity contribution < 1.29 is 17.2 Å². The second kappa shape index (κ2) is 6.51. The van der Waals surface area contributed by atoms with Gasteiger partial charge >= 0.3 is 0 Å². The Balaban J connectivity index is 2.24. The molecule has 0 atom stereocenters. The van der Waals surface area contributed by atoms with Crippen LogP contribution in [0.1, 0.15) is 5.56 Å². The van der Waals surface area contributed by atoms with Crippen LogP contribution in [0.25, 0.3) is 0 Å². The monoisotopic (exact) mass is 439 g/mol. The largest absolute Gasteiger partial charge is 0.241 e. The number of sulfonamides is 1. The van der Waals surface area contributed by atoms with E-state index in [1.54, 1.807) is 0 Å². The second-order valence-electron chi connectivity index (χ2n) is 4.14. The maximum absolute atomic E-state index is 13.6. The normalized spacial score (nSPS) is 11.6. The number of hydrogen-bond donors (Lipinski definition) is 1. The fourth-order valence-electron chi connectivity index (χ4n) is 1.62. The van der Waals surface area contributed by atoms with Crippen LogP contribution in [0.4, 0.5) is 8.78 Å². The van der Waals surface area contributed by atoms with Gasteiger partial charge in [0, 0.05) is 21.1 Å². The smallest absolute Gasteiger partial charge is 0.207 e. The minimum Gasteiger partial charge on any atom is -0.207 e. The van der Waals surface area contributed by atoms with Gasteiger partial charge in [-0.2, -0.15) is 0 Å². The summed E-state index contributed by atoms with van der Waals surface area (Å²) in [6, 6.07) is 7.47. The van der Waals surface area contributed by atoms with E-state index in [0.717, 1.165) is 18.2 Å². The molecule has 0 saturated heterocycles. The highest BCUT2D eigenvalue weighted by atomic mass is 79.9. The van der Waals surface area contributed by atoms with Crippen molar-refractivity contribution >= 4 is 41.9 Å². The van der Waals surface area contributed by atoms with Crippen molar-refractivity contribution in [2.45, 2.75) is 11.4 Å². The minimum absolute atomic E-state index is 0.102. The molecule has 0 fully saturated rings. The van der Waals surface area contributed by atoms with Gasteiger partial charge in [-0.1, -0.05) is 15.9 Å². The highest BCUT2D eigenvalue weighted by Gasteiger charge is 2.18. The molecule has 0 amide bonds. The van der Waals surface area contributed by atoms with Crippen LogP contribution in [0.15, 0.2) is 50.2 Å². The predicted molar refractivity (Wildman–Crippen MR) is 82.2 cm³/mol. The van der Waals surface area contributed by atoms with Crippen molar-refractivity contribution in [1.82, 2.24) is 4.72 Å². The summed E-state index contributed by atoms with van der Waals surface area (Å²) >= 11 is 6.18. The molecule has 0 heterocycles. The zero-order valence-corrected chi connectivity index (χ0v) is 14.4. The van der Waals surface area contributed by atoms with Gasteiger partial charge in [-0.15, -0.1) is 0 Å². The van der Waals surface area contributed by atoms with E-state index in [1.165, 1.54) is 18.2 Å². The maximum atomic E-state index is 13.6. The number of nitrogens with one attached hydrogen (secondary N) is 1. The molecule has 0 unspecified atom stereocenters. The molecule has 112 valence electrons. The highest BCUT2D eigenvalue weighted by molar-refractivity contribution is 9.10. The molecule has 0 saturated carbocycles. The van der Waals surface area contributed by atoms with Crippen LogP contribution < -0.4 is 4.72 Å². The van der Waals surface area contributed by atoms with Gasteiger partial charge in [-0.25, -0.2) is 21.9 Å². The minimum atomic E-state index is -3.88. The fourth-order valence-corrected chi connectivity index (χ4v) is 4.08. The van der Waals surface area contributed by atoms with Gasteiger partial charge in [0.05, 0.1) is 4.90 Å². The van der Waals surface area contributed by atoms with E-state index in [4.69, 9.17) is 0 Å². The summed E-state index contributed by atoms with van der Waals surface area (Å²) in [6.07, 6.45) is 0. The fraction of sp³-hybridized carbons (Fsp3) is 0.0769. The Morgan fingerprint density at radius 3 is 2.43 bits per heavy atom. The van der Waals surface area contributed by atoms with Crippen LogP contribution in [0.5, 0.6) is 0 Å². The first-order valence-electron chi connectivity index (χ1n) is 5.68. The molecule has 0 bridgehead atoms. The van der Waals surface area contributed by atoms with Crippen LogP contribution >= 0.6 is 31.9 Å². The Morgan fingerprint density at radius 2 is 1.76 bits per heavy atom. The van der Waals surface area contributed by atoms with Gasteiger partial charge in [-0.05, 0) is 52.3 Å². The van der Waals surface area contributed by atoms with Crippen molar-refractivity contribution in [3.8, 4) is 0 Å². The lowest BCUT2D eigenvalue weighted by atomic mass is 10.2. The average molecular weight is 441 g/mol. The molecule has 1 N–H and O–H groups in total. The molecule has 0 radical (unpaired) electrons. The van der Waals surface area contributed by atoms with E-state index in [2.05, 4.69) is 36.6 Å². The molecule has 0 spiro atoms. The Morgan fingerprint density at radius 1 is 1.05 bits per heavy atom. The second-order valence-corrected chi connectivity index (χ2v) is 7.64. The zero-order chi connectivity index (χ0) is 15.6. The molecule has 3 nitrogen and oxygen atoms in total. The van der Waals surface area contributed by atoms with Gasteiger partial charge in [0.2, 0.25) is 10.0 Å². The summed E-state index contributed by atoms with van der Waals surface area (Å²) in [5.74, 6) is -1.07. The van der Waals surface area contributed by atoms with Gasteiger partial charge in [0.1, 0.15) is 11.6 Å². The summed E-state index contributed by atoms with van der Waals surface area (Å²) < 4.78 is 53.8. The first kappa shape index (κ1) is 16.5. The molecular formula is C13H9Br2F2NO2S. The van der Waals surface area contributed by atoms with E-state index in [9.17, 15) is 17.2 Å². The van der Waals surface area contributed by atoms with E-state index in [-0.39, 0.29) is 21.5 Å². The van der Waals surface area contributed by atoms with Crippen molar-refractivity contribution in [2.75, 3.05) is 0 Å². The summed E-state index contributed by atoms with van der Waals surface area (Å²) in [5, 5.41) is 0. The Kier molecular flexibility index (Phi) is 5.13. The van der Waals surface area contributed by atoms with E-state index in [1.807, 2.05) is 0 Å². The molecule has 2 rings (SSSR count). The van der Waals surface area contributed by atoms with Crippen LogP contribution in [-0.2, 0) is 16.6 Å². The van der Waals surface area contributed by atoms with Gasteiger partial charge < -0.3 is 0 Å². The molecule has 2 aromatic rings. The average Bonchev–Trinajstić information content (AvgIpc) is 2.39. The Hall–Kier alpha value is -0.830. The molecular weight excluding hydrogens is 432 g/mol. The van der Waals surface area contributed by atoms with E-state index >= 15 is 0 Å². The lowest BCUT2D eigenvalue weighted by Gasteiger charge is -2.09. The Labute approximate surface area is 137 Å². The van der Waals surface area contributed by atoms with Gasteiger partial charge in [0.15, 0.2) is 0 Å². The predicted octanol–water partition coefficient (Wildman–Crippen LogP) is 3.97. The number of hydrogen-bond acceptors (Lipinski definition) is 2. The highest BCUT2D eigenvalue weighted by Crippen LogP contribution is 2.23. The molecule has 0 aliphatic carbocycles.